The van der Waals surface area contributed by atoms with Gasteiger partial charge in [-0.1, -0.05) is 6.92 Å². The molecule has 104 valence electrons. The third-order valence-corrected chi connectivity index (χ3v) is 2.50. The van der Waals surface area contributed by atoms with Crippen LogP contribution in [0.4, 0.5) is 8.78 Å². The largest absolute Gasteiger partial charge is 0.469 e. The highest BCUT2D eigenvalue weighted by Crippen LogP contribution is 2.17. The molecule has 4 nitrogen and oxygen atoms in total. The van der Waals surface area contributed by atoms with Gasteiger partial charge in [-0.25, -0.2) is 0 Å². The molecule has 0 N–H and O–H groups in total. The molecule has 1 aromatic rings. The van der Waals surface area contributed by atoms with Gasteiger partial charge in [0.25, 0.3) is 0 Å². The summed E-state index contributed by atoms with van der Waals surface area (Å²) < 4.78 is 32.6. The van der Waals surface area contributed by atoms with Crippen LogP contribution >= 0.6 is 0 Å². The van der Waals surface area contributed by atoms with Crippen LogP contribution < -0.4 is 4.74 Å². The summed E-state index contributed by atoms with van der Waals surface area (Å²) in [7, 11) is 1.25. The van der Waals surface area contributed by atoms with E-state index >= 15 is 0 Å². The summed E-state index contributed by atoms with van der Waals surface area (Å²) in [4.78, 5) is 23.0. The van der Waals surface area contributed by atoms with Crippen molar-refractivity contribution in [1.29, 1.82) is 0 Å². The molecular weight excluding hydrogens is 258 g/mol. The topological polar surface area (TPSA) is 52.6 Å². The standard InChI is InChI=1S/C13H14F2O4/c1-8(12(17)18-2)7-11(16)9-3-5-10(6-4-9)19-13(14)15/h3-6,8,13H,7H2,1-2H3. The Balaban J connectivity index is 2.65. The van der Waals surface area contributed by atoms with E-state index in [0.717, 1.165) is 0 Å². The maximum atomic E-state index is 11.9. The van der Waals surface area contributed by atoms with Crippen LogP contribution in [0.5, 0.6) is 5.75 Å². The highest BCUT2D eigenvalue weighted by molar-refractivity contribution is 5.98. The number of methoxy groups -OCH3 is 1. The molecule has 0 saturated carbocycles. The zero-order valence-electron chi connectivity index (χ0n) is 10.6. The number of carbonyl (C=O) groups is 2. The van der Waals surface area contributed by atoms with Gasteiger partial charge < -0.3 is 9.47 Å². The van der Waals surface area contributed by atoms with Gasteiger partial charge in [-0.2, -0.15) is 8.78 Å². The smallest absolute Gasteiger partial charge is 0.387 e. The Morgan fingerprint density at radius 1 is 1.21 bits per heavy atom. The predicted molar refractivity (Wildman–Crippen MR) is 63.2 cm³/mol. The van der Waals surface area contributed by atoms with Gasteiger partial charge in [-0.15, -0.1) is 0 Å². The molecule has 0 radical (unpaired) electrons. The lowest BCUT2D eigenvalue weighted by Gasteiger charge is -2.09. The van der Waals surface area contributed by atoms with Crippen LogP contribution in [0.3, 0.4) is 0 Å². The van der Waals surface area contributed by atoms with Gasteiger partial charge in [0.05, 0.1) is 13.0 Å². The van der Waals surface area contributed by atoms with Crippen molar-refractivity contribution < 1.29 is 27.8 Å². The van der Waals surface area contributed by atoms with Crippen molar-refractivity contribution in [2.24, 2.45) is 5.92 Å². The molecule has 0 bridgehead atoms. The molecular formula is C13H14F2O4. The molecule has 0 saturated heterocycles. The molecule has 0 aliphatic carbocycles. The van der Waals surface area contributed by atoms with Crippen molar-refractivity contribution in [1.82, 2.24) is 0 Å². The van der Waals surface area contributed by atoms with Crippen molar-refractivity contribution in [2.45, 2.75) is 20.0 Å². The monoisotopic (exact) mass is 272 g/mol. The fourth-order valence-corrected chi connectivity index (χ4v) is 1.50. The lowest BCUT2D eigenvalue weighted by atomic mass is 10.00. The van der Waals surface area contributed by atoms with Crippen LogP contribution in [-0.4, -0.2) is 25.5 Å². The van der Waals surface area contributed by atoms with Gasteiger partial charge in [0.2, 0.25) is 0 Å². The Morgan fingerprint density at radius 3 is 2.26 bits per heavy atom. The van der Waals surface area contributed by atoms with Gasteiger partial charge in [0.1, 0.15) is 5.75 Å². The second-order valence-corrected chi connectivity index (χ2v) is 3.95. The number of Topliss-reactive ketones (excluding diaryl/α,β-unsaturated/α-hetero) is 1. The van der Waals surface area contributed by atoms with Gasteiger partial charge in [-0.3, -0.25) is 9.59 Å². The summed E-state index contributed by atoms with van der Waals surface area (Å²) in [6.07, 6.45) is 0.00171. The first kappa shape index (κ1) is 15.1. The average Bonchev–Trinajstić information content (AvgIpc) is 2.37. The number of benzene rings is 1. The van der Waals surface area contributed by atoms with Crippen LogP contribution in [0.25, 0.3) is 0 Å². The highest BCUT2D eigenvalue weighted by atomic mass is 19.3. The number of ether oxygens (including phenoxy) is 2. The van der Waals surface area contributed by atoms with E-state index in [1.54, 1.807) is 6.92 Å². The van der Waals surface area contributed by atoms with E-state index in [1.807, 2.05) is 0 Å². The molecule has 6 heteroatoms. The molecule has 0 fully saturated rings. The van der Waals surface area contributed by atoms with Crippen molar-refractivity contribution in [3.05, 3.63) is 29.8 Å². The quantitative estimate of drug-likeness (QED) is 0.590. The van der Waals surface area contributed by atoms with Crippen LogP contribution in [0, 0.1) is 5.92 Å². The van der Waals surface area contributed by atoms with Crippen molar-refractivity contribution >= 4 is 11.8 Å². The minimum Gasteiger partial charge on any atom is -0.469 e. The van der Waals surface area contributed by atoms with E-state index in [2.05, 4.69) is 9.47 Å². The molecule has 19 heavy (non-hydrogen) atoms. The van der Waals surface area contributed by atoms with Crippen LogP contribution in [-0.2, 0) is 9.53 Å². The van der Waals surface area contributed by atoms with E-state index in [1.165, 1.54) is 31.4 Å². The molecule has 1 unspecified atom stereocenters. The first-order valence-corrected chi connectivity index (χ1v) is 5.60. The number of ketones is 1. The fourth-order valence-electron chi connectivity index (χ4n) is 1.50. The molecule has 0 aliphatic rings. The first-order chi connectivity index (χ1) is 8.93. The van der Waals surface area contributed by atoms with Crippen molar-refractivity contribution in [2.75, 3.05) is 7.11 Å². The van der Waals surface area contributed by atoms with E-state index in [-0.39, 0.29) is 18.0 Å². The zero-order chi connectivity index (χ0) is 14.4. The van der Waals surface area contributed by atoms with E-state index < -0.39 is 18.5 Å². The first-order valence-electron chi connectivity index (χ1n) is 5.60. The molecule has 0 spiro atoms. The van der Waals surface area contributed by atoms with Gasteiger partial charge in [0, 0.05) is 12.0 Å². The van der Waals surface area contributed by atoms with E-state index in [9.17, 15) is 18.4 Å². The maximum absolute atomic E-state index is 11.9. The maximum Gasteiger partial charge on any atom is 0.387 e. The lowest BCUT2D eigenvalue weighted by molar-refractivity contribution is -0.144. The number of halogens is 2. The zero-order valence-corrected chi connectivity index (χ0v) is 10.6. The minimum absolute atomic E-state index is 0.00171. The predicted octanol–water partition coefficient (Wildman–Crippen LogP) is 2.67. The van der Waals surface area contributed by atoms with E-state index in [0.29, 0.717) is 5.56 Å². The second-order valence-electron chi connectivity index (χ2n) is 3.95. The summed E-state index contributed by atoms with van der Waals surface area (Å²) in [5, 5.41) is 0. The van der Waals surface area contributed by atoms with Crippen molar-refractivity contribution in [3.8, 4) is 5.75 Å². The Labute approximate surface area is 109 Å². The Hall–Kier alpha value is -1.98. The molecule has 1 atom stereocenters. The molecule has 0 aliphatic heterocycles. The molecule has 0 amide bonds. The summed E-state index contributed by atoms with van der Waals surface area (Å²) in [5.74, 6) is -1.30. The van der Waals surface area contributed by atoms with Gasteiger partial charge >= 0.3 is 12.6 Å². The van der Waals surface area contributed by atoms with Crippen LogP contribution in [0.1, 0.15) is 23.7 Å². The van der Waals surface area contributed by atoms with Crippen molar-refractivity contribution in [3.63, 3.8) is 0 Å². The Bertz CT molecular complexity index is 442. The van der Waals surface area contributed by atoms with Crippen LogP contribution in [0.15, 0.2) is 24.3 Å². The van der Waals surface area contributed by atoms with E-state index in [4.69, 9.17) is 0 Å². The normalized spacial score (nSPS) is 12.1. The summed E-state index contributed by atoms with van der Waals surface area (Å²) in [6, 6.07) is 5.32. The minimum atomic E-state index is -2.90. The number of rotatable bonds is 6. The SMILES string of the molecule is COC(=O)C(C)CC(=O)c1ccc(OC(F)F)cc1. The fraction of sp³-hybridized carbons (Fsp3) is 0.385. The number of hydrogen-bond acceptors (Lipinski definition) is 4. The molecule has 0 heterocycles. The van der Waals surface area contributed by atoms with Crippen LogP contribution in [0.2, 0.25) is 0 Å². The third kappa shape index (κ3) is 4.65. The van der Waals surface area contributed by atoms with Gasteiger partial charge in [-0.05, 0) is 24.3 Å². The van der Waals surface area contributed by atoms with Gasteiger partial charge in [0.15, 0.2) is 5.78 Å². The number of alkyl halides is 2. The summed E-state index contributed by atoms with van der Waals surface area (Å²) in [6.45, 7) is -1.32. The number of carbonyl (C=O) groups excluding carboxylic acids is 2. The molecule has 1 aromatic carbocycles. The lowest BCUT2D eigenvalue weighted by Crippen LogP contribution is -2.16. The third-order valence-electron chi connectivity index (χ3n) is 2.50. The Morgan fingerprint density at radius 2 is 1.79 bits per heavy atom. The number of esters is 1. The number of hydrogen-bond donors (Lipinski definition) is 0. The average molecular weight is 272 g/mol. The summed E-state index contributed by atoms with van der Waals surface area (Å²) in [5.41, 5.74) is 0.331. The molecule has 1 rings (SSSR count). The summed E-state index contributed by atoms with van der Waals surface area (Å²) >= 11 is 0. The Kier molecular flexibility index (Phi) is 5.41. The molecule has 0 aromatic heterocycles. The second kappa shape index (κ2) is 6.82. The highest BCUT2D eigenvalue weighted by Gasteiger charge is 2.18.